The summed E-state index contributed by atoms with van der Waals surface area (Å²) < 4.78 is 7.10. The Morgan fingerprint density at radius 2 is 0.833 bits per heavy atom. The van der Waals surface area contributed by atoms with Crippen LogP contribution in [-0.2, 0) is 6.42 Å². The van der Waals surface area contributed by atoms with E-state index >= 15 is 0 Å². The lowest BCUT2D eigenvalue weighted by Crippen LogP contribution is -2.16. The Morgan fingerprint density at radius 1 is 0.455 bits per heavy atom. The van der Waals surface area contributed by atoms with Gasteiger partial charge in [0, 0.05) is 39.9 Å². The molecule has 0 bridgehead atoms. The molecule has 0 heterocycles. The molecule has 0 fully saturated rings. The van der Waals surface area contributed by atoms with Gasteiger partial charge >= 0.3 is 0 Å². The third kappa shape index (κ3) is 10.9. The van der Waals surface area contributed by atoms with Crippen molar-refractivity contribution in [3.8, 4) is 61.8 Å². The van der Waals surface area contributed by atoms with E-state index in [2.05, 4.69) is 207 Å². The summed E-state index contributed by atoms with van der Waals surface area (Å²) in [5.41, 5.74) is 19.0. The minimum absolute atomic E-state index is 0.239. The van der Waals surface area contributed by atoms with E-state index in [9.17, 15) is 10.2 Å². The van der Waals surface area contributed by atoms with Gasteiger partial charge in [-0.15, -0.1) is 0 Å². The molecule has 66 heavy (non-hydrogen) atoms. The highest BCUT2D eigenvalue weighted by Crippen LogP contribution is 2.53. The first-order valence-electron chi connectivity index (χ1n) is 24.7. The Labute approximate surface area is 399 Å². The fraction of sp³-hybridized carbons (Fsp3) is 0.419. The van der Waals surface area contributed by atoms with Crippen molar-refractivity contribution in [2.24, 2.45) is 0 Å². The predicted octanol–water partition coefficient (Wildman–Crippen LogP) is 17.0. The Hall–Kier alpha value is -5.32. The van der Waals surface area contributed by atoms with Crippen LogP contribution in [-0.4, -0.2) is 42.4 Å². The van der Waals surface area contributed by atoms with Crippen molar-refractivity contribution in [2.75, 3.05) is 27.2 Å². The van der Waals surface area contributed by atoms with E-state index in [4.69, 9.17) is 4.74 Å². The maximum atomic E-state index is 13.0. The molecule has 0 aliphatic carbocycles. The van der Waals surface area contributed by atoms with Gasteiger partial charge in [-0.1, -0.05) is 138 Å². The van der Waals surface area contributed by atoms with Crippen molar-refractivity contribution < 1.29 is 14.9 Å². The molecule has 6 rings (SSSR count). The second kappa shape index (κ2) is 21.1. The topological polar surface area (TPSA) is 52.9 Å². The lowest BCUT2D eigenvalue weighted by molar-refractivity contribution is 0.283. The molecule has 0 aromatic heterocycles. The lowest BCUT2D eigenvalue weighted by atomic mass is 9.80. The van der Waals surface area contributed by atoms with E-state index < -0.39 is 0 Å². The van der Waals surface area contributed by atoms with E-state index in [1.54, 1.807) is 0 Å². The molecule has 0 radical (unpaired) electrons. The Kier molecular flexibility index (Phi) is 16.0. The van der Waals surface area contributed by atoms with Gasteiger partial charge in [0.05, 0.1) is 6.61 Å². The van der Waals surface area contributed by atoms with Gasteiger partial charge in [0.15, 0.2) is 0 Å². The van der Waals surface area contributed by atoms with Gasteiger partial charge in [-0.25, -0.2) is 0 Å². The molecule has 0 spiro atoms. The number of rotatable bonds is 17. The number of ether oxygens (including phenoxy) is 1. The van der Waals surface area contributed by atoms with Crippen LogP contribution < -0.4 is 4.74 Å². The zero-order valence-electron chi connectivity index (χ0n) is 43.2. The van der Waals surface area contributed by atoms with Crippen molar-refractivity contribution in [2.45, 2.75) is 145 Å². The molecule has 2 N–H and O–H groups in total. The number of aryl methyl sites for hydroxylation is 2. The Balaban J connectivity index is 1.74. The molecule has 6 aromatic rings. The molecule has 0 aliphatic heterocycles. The monoisotopic (exact) mass is 886 g/mol. The molecule has 0 unspecified atom stereocenters. The number of aromatic hydroxyl groups is 2. The molecule has 0 atom stereocenters. The van der Waals surface area contributed by atoms with Gasteiger partial charge in [0.25, 0.3) is 0 Å². The summed E-state index contributed by atoms with van der Waals surface area (Å²) in [6, 6.07) is 33.0. The molecular weight excluding hydrogens is 807 g/mol. The van der Waals surface area contributed by atoms with Crippen molar-refractivity contribution in [1.29, 1.82) is 0 Å². The minimum atomic E-state index is 0.239. The first-order chi connectivity index (χ1) is 31.2. The van der Waals surface area contributed by atoms with Crippen LogP contribution in [0.1, 0.15) is 181 Å². The van der Waals surface area contributed by atoms with Crippen LogP contribution >= 0.6 is 0 Å². The summed E-state index contributed by atoms with van der Waals surface area (Å²) in [4.78, 5) is 2.18. The van der Waals surface area contributed by atoms with Crippen LogP contribution in [0.5, 0.6) is 17.2 Å². The summed E-state index contributed by atoms with van der Waals surface area (Å²) >= 11 is 0. The SMILES string of the molecule is Cc1cc(-c2cc(Cc3ccccc3)cc(-c3cc(C)cc(-c4c(C(C)C)cc(C(C)C)cc4C(C)C)c3O)c2OCCCN(C)C)c(O)c(-c2c(C(C)C)cc(C(C)C)cc2C(C)C)c1. The van der Waals surface area contributed by atoms with E-state index in [1.165, 1.54) is 38.9 Å². The summed E-state index contributed by atoms with van der Waals surface area (Å²) in [6.07, 6.45) is 1.47. The number of benzene rings is 6. The third-order valence-corrected chi connectivity index (χ3v) is 13.3. The second-order valence-electron chi connectivity index (χ2n) is 21.2. The van der Waals surface area contributed by atoms with E-state index in [-0.39, 0.29) is 35.2 Å². The van der Waals surface area contributed by atoms with Gasteiger partial charge < -0.3 is 19.8 Å². The average Bonchev–Trinajstić information content (AvgIpc) is 3.25. The van der Waals surface area contributed by atoms with Crippen LogP contribution in [0.2, 0.25) is 0 Å². The molecule has 6 aromatic carbocycles. The fourth-order valence-electron chi connectivity index (χ4n) is 9.62. The molecule has 4 nitrogen and oxygen atoms in total. The molecular formula is C62H79NO3. The van der Waals surface area contributed by atoms with Crippen molar-refractivity contribution in [3.05, 3.63) is 147 Å². The maximum absolute atomic E-state index is 13.0. The van der Waals surface area contributed by atoms with E-state index in [0.29, 0.717) is 30.6 Å². The quantitative estimate of drug-likeness (QED) is 0.0896. The number of hydrogen-bond donors (Lipinski definition) is 2. The molecule has 350 valence electrons. The smallest absolute Gasteiger partial charge is 0.135 e. The van der Waals surface area contributed by atoms with Gasteiger partial charge in [0.1, 0.15) is 17.2 Å². The lowest BCUT2D eigenvalue weighted by Gasteiger charge is -2.26. The van der Waals surface area contributed by atoms with Gasteiger partial charge in [-0.05, 0) is 179 Å². The Bertz CT molecular complexity index is 2430. The minimum Gasteiger partial charge on any atom is -0.507 e. The van der Waals surface area contributed by atoms with Crippen LogP contribution in [0.25, 0.3) is 44.5 Å². The molecule has 0 amide bonds. The highest BCUT2D eigenvalue weighted by Gasteiger charge is 2.28. The van der Waals surface area contributed by atoms with Gasteiger partial charge in [-0.3, -0.25) is 0 Å². The maximum Gasteiger partial charge on any atom is 0.135 e. The molecule has 0 saturated carbocycles. The summed E-state index contributed by atoms with van der Waals surface area (Å²) in [6.45, 7) is 32.7. The van der Waals surface area contributed by atoms with Crippen LogP contribution in [0.4, 0.5) is 0 Å². The van der Waals surface area contributed by atoms with Gasteiger partial charge in [-0.2, -0.15) is 0 Å². The number of phenols is 2. The normalized spacial score (nSPS) is 12.0. The van der Waals surface area contributed by atoms with Crippen molar-refractivity contribution in [3.63, 3.8) is 0 Å². The summed E-state index contributed by atoms with van der Waals surface area (Å²) in [7, 11) is 4.17. The molecule has 4 heteroatoms. The highest BCUT2D eigenvalue weighted by molar-refractivity contribution is 5.94. The summed E-state index contributed by atoms with van der Waals surface area (Å²) in [5, 5.41) is 26.1. The highest BCUT2D eigenvalue weighted by atomic mass is 16.5. The van der Waals surface area contributed by atoms with Crippen molar-refractivity contribution >= 4 is 0 Å². The van der Waals surface area contributed by atoms with Crippen LogP contribution in [0, 0.1) is 13.8 Å². The number of nitrogens with zero attached hydrogens (tertiary/aromatic N) is 1. The molecule has 0 saturated heterocycles. The first kappa shape index (κ1) is 50.1. The first-order valence-corrected chi connectivity index (χ1v) is 24.7. The summed E-state index contributed by atoms with van der Waals surface area (Å²) in [5.74, 6) is 2.85. The number of hydrogen-bond acceptors (Lipinski definition) is 4. The number of phenolic OH excluding ortho intramolecular Hbond substituents is 2. The zero-order valence-corrected chi connectivity index (χ0v) is 43.2. The van der Waals surface area contributed by atoms with Gasteiger partial charge in [0.2, 0.25) is 0 Å². The third-order valence-electron chi connectivity index (χ3n) is 13.3. The standard InChI is InChI=1S/C62H79NO3/c1-36(2)46-32-48(38(5)6)58(49(33-46)39(7)8)56-27-42(13)25-52(60(56)64)54-30-45(29-44-21-18-17-19-22-44)31-55(62(54)66-24-20-23-63(15)16)53-26-43(14)28-57(61(53)65)59-50(40(9)10)34-47(37(3)4)35-51(59)41(11)12/h17-19,21-22,25-28,30-41,64-65H,20,23-24,29H2,1-16H3. The fourth-order valence-corrected chi connectivity index (χ4v) is 9.62. The zero-order chi connectivity index (χ0) is 48.3. The predicted molar refractivity (Wildman–Crippen MR) is 283 cm³/mol. The van der Waals surface area contributed by atoms with Crippen molar-refractivity contribution in [1.82, 2.24) is 4.90 Å². The van der Waals surface area contributed by atoms with Crippen LogP contribution in [0.15, 0.2) is 91.0 Å². The van der Waals surface area contributed by atoms with E-state index in [1.807, 2.05) is 0 Å². The van der Waals surface area contributed by atoms with Crippen LogP contribution in [0.3, 0.4) is 0 Å². The Morgan fingerprint density at radius 3 is 1.18 bits per heavy atom. The van der Waals surface area contributed by atoms with E-state index in [0.717, 1.165) is 74.2 Å². The molecule has 0 aliphatic rings. The largest absolute Gasteiger partial charge is 0.507 e. The second-order valence-corrected chi connectivity index (χ2v) is 21.2. The average molecular weight is 886 g/mol.